The summed E-state index contributed by atoms with van der Waals surface area (Å²) in [5.74, 6) is 0. The van der Waals surface area contributed by atoms with Crippen LogP contribution in [-0.4, -0.2) is 19.1 Å². The Hall–Kier alpha value is -6.78. The van der Waals surface area contributed by atoms with Gasteiger partial charge in [-0.05, 0) is 101 Å². The van der Waals surface area contributed by atoms with Crippen LogP contribution in [-0.2, 0) is 5.41 Å². The maximum atomic E-state index is 5.03. The van der Waals surface area contributed by atoms with Crippen LogP contribution in [0.5, 0.6) is 0 Å². The summed E-state index contributed by atoms with van der Waals surface area (Å²) in [6, 6.07) is 56.8. The molecule has 0 aliphatic carbocycles. The van der Waals surface area contributed by atoms with E-state index in [9.17, 15) is 0 Å². The van der Waals surface area contributed by atoms with E-state index in [2.05, 4.69) is 195 Å². The molecule has 0 unspecified atom stereocenters. The van der Waals surface area contributed by atoms with Crippen LogP contribution < -0.4 is 0 Å². The highest BCUT2D eigenvalue weighted by atomic mass is 15.0. The lowest BCUT2D eigenvalue weighted by molar-refractivity contribution is 0.591. The number of fused-ring (bicyclic) bond motifs is 6. The van der Waals surface area contributed by atoms with Crippen molar-refractivity contribution < 1.29 is 0 Å². The quantitative estimate of drug-likeness (QED) is 0.178. The average molecular weight is 709 g/mol. The second-order valence-corrected chi connectivity index (χ2v) is 15.5. The van der Waals surface area contributed by atoms with Gasteiger partial charge in [0.25, 0.3) is 0 Å². The highest BCUT2D eigenvalue weighted by Gasteiger charge is 2.23. The van der Waals surface area contributed by atoms with Gasteiger partial charge in [0.1, 0.15) is 0 Å². The molecule has 0 fully saturated rings. The lowest BCUT2D eigenvalue weighted by Crippen LogP contribution is -2.13. The third-order valence-corrected chi connectivity index (χ3v) is 11.1. The molecule has 4 nitrogen and oxygen atoms in total. The normalized spacial score (nSPS) is 12.0. The summed E-state index contributed by atoms with van der Waals surface area (Å²) >= 11 is 0. The van der Waals surface area contributed by atoms with E-state index in [-0.39, 0.29) is 5.41 Å². The first-order valence-corrected chi connectivity index (χ1v) is 19.0. The molecule has 4 aromatic heterocycles. The Labute approximate surface area is 321 Å². The minimum atomic E-state index is -0.0930. The van der Waals surface area contributed by atoms with Crippen LogP contribution in [0, 0.1) is 6.92 Å². The molecular formula is C51H40N4. The van der Waals surface area contributed by atoms with Crippen molar-refractivity contribution in [2.45, 2.75) is 33.1 Å². The van der Waals surface area contributed by atoms with E-state index in [0.717, 1.165) is 45.0 Å². The van der Waals surface area contributed by atoms with Crippen molar-refractivity contribution >= 4 is 43.6 Å². The van der Waals surface area contributed by atoms with Crippen LogP contribution in [0.25, 0.3) is 88.6 Å². The molecule has 0 bridgehead atoms. The lowest BCUT2D eigenvalue weighted by atomic mass is 9.82. The number of aryl methyl sites for hydroxylation is 1. The zero-order valence-corrected chi connectivity index (χ0v) is 31.5. The summed E-state index contributed by atoms with van der Waals surface area (Å²) < 4.78 is 4.78. The molecule has 0 amide bonds. The first-order chi connectivity index (χ1) is 26.8. The number of hydrogen-bond donors (Lipinski definition) is 0. The van der Waals surface area contributed by atoms with E-state index in [4.69, 9.17) is 9.97 Å². The van der Waals surface area contributed by atoms with E-state index in [1.54, 1.807) is 0 Å². The smallest absolute Gasteiger partial charge is 0.0731 e. The number of para-hydroxylation sites is 4. The summed E-state index contributed by atoms with van der Waals surface area (Å²) in [4.78, 5) is 10.0. The van der Waals surface area contributed by atoms with Crippen molar-refractivity contribution in [3.63, 3.8) is 0 Å². The van der Waals surface area contributed by atoms with Crippen molar-refractivity contribution in [1.82, 2.24) is 19.1 Å². The molecule has 10 aromatic rings. The fraction of sp³-hybridized carbons (Fsp3) is 0.0980. The average Bonchev–Trinajstić information content (AvgIpc) is 3.73. The molecule has 0 spiro atoms. The largest absolute Gasteiger partial charge is 0.309 e. The molecule has 0 radical (unpaired) electrons. The van der Waals surface area contributed by atoms with Gasteiger partial charge in [-0.2, -0.15) is 0 Å². The zero-order chi connectivity index (χ0) is 37.3. The highest BCUT2D eigenvalue weighted by molar-refractivity contribution is 6.10. The molecule has 0 saturated heterocycles. The minimum absolute atomic E-state index is 0.0930. The molecule has 0 aliphatic heterocycles. The topological polar surface area (TPSA) is 35.6 Å². The number of hydrogen-bond acceptors (Lipinski definition) is 2. The van der Waals surface area contributed by atoms with E-state index < -0.39 is 0 Å². The monoisotopic (exact) mass is 708 g/mol. The molecule has 10 rings (SSSR count). The molecule has 0 aliphatic rings. The van der Waals surface area contributed by atoms with Crippen LogP contribution in [0.1, 0.15) is 31.9 Å². The van der Waals surface area contributed by atoms with Gasteiger partial charge in [-0.25, -0.2) is 0 Å². The maximum absolute atomic E-state index is 5.03. The Morgan fingerprint density at radius 3 is 1.49 bits per heavy atom. The third kappa shape index (κ3) is 5.36. The van der Waals surface area contributed by atoms with Gasteiger partial charge in [0.05, 0.1) is 39.1 Å². The number of pyridine rings is 2. The number of benzene rings is 6. The van der Waals surface area contributed by atoms with Gasteiger partial charge < -0.3 is 9.13 Å². The number of aromatic nitrogens is 4. The van der Waals surface area contributed by atoms with Crippen molar-refractivity contribution in [3.8, 4) is 45.0 Å². The molecule has 0 N–H and O–H groups in total. The number of nitrogens with zero attached hydrogens (tertiary/aromatic N) is 4. The molecule has 4 heteroatoms. The second-order valence-electron chi connectivity index (χ2n) is 15.5. The molecule has 0 saturated carbocycles. The molecule has 55 heavy (non-hydrogen) atoms. The van der Waals surface area contributed by atoms with Crippen LogP contribution in [0.3, 0.4) is 0 Å². The number of rotatable bonds is 5. The van der Waals surface area contributed by atoms with Gasteiger partial charge in [0.2, 0.25) is 0 Å². The fourth-order valence-corrected chi connectivity index (χ4v) is 8.60. The standard InChI is InChI=1S/C51H40N4/c1-33-14-13-23-49(55-47-21-11-7-17-39(47)40-18-8-12-22-48(40)55)50(33)44-31-35(27-29-53-44)34-26-28-52-43(30-34)41-32-36(24-25-42(41)51(2,3)4)54-45-19-9-5-15-37(45)38-16-6-10-20-46(38)54/h5-32H,1-4H3. The summed E-state index contributed by atoms with van der Waals surface area (Å²) in [6.45, 7) is 9.02. The second kappa shape index (κ2) is 12.7. The Morgan fingerprint density at radius 2 is 0.945 bits per heavy atom. The third-order valence-electron chi connectivity index (χ3n) is 11.1. The molecule has 0 atom stereocenters. The Morgan fingerprint density at radius 1 is 0.455 bits per heavy atom. The van der Waals surface area contributed by atoms with E-state index in [1.165, 1.54) is 54.7 Å². The molecular weight excluding hydrogens is 669 g/mol. The van der Waals surface area contributed by atoms with E-state index in [1.807, 2.05) is 12.4 Å². The van der Waals surface area contributed by atoms with Crippen LogP contribution in [0.15, 0.2) is 170 Å². The first-order valence-electron chi connectivity index (χ1n) is 19.0. The molecule has 4 heterocycles. The fourth-order valence-electron chi connectivity index (χ4n) is 8.60. The predicted octanol–water partition coefficient (Wildman–Crippen LogP) is 13.3. The highest BCUT2D eigenvalue weighted by Crippen LogP contribution is 2.40. The van der Waals surface area contributed by atoms with Gasteiger partial charge in [-0.15, -0.1) is 0 Å². The zero-order valence-electron chi connectivity index (χ0n) is 31.5. The van der Waals surface area contributed by atoms with Crippen molar-refractivity contribution in [3.05, 3.63) is 181 Å². The van der Waals surface area contributed by atoms with Crippen LogP contribution >= 0.6 is 0 Å². The van der Waals surface area contributed by atoms with Crippen molar-refractivity contribution in [2.75, 3.05) is 0 Å². The minimum Gasteiger partial charge on any atom is -0.309 e. The summed E-state index contributed by atoms with van der Waals surface area (Å²) in [5, 5.41) is 4.99. The van der Waals surface area contributed by atoms with E-state index >= 15 is 0 Å². The van der Waals surface area contributed by atoms with Crippen LogP contribution in [0.4, 0.5) is 0 Å². The van der Waals surface area contributed by atoms with Gasteiger partial charge in [0, 0.05) is 50.8 Å². The SMILES string of the molecule is Cc1cccc(-n2c3ccccc3c3ccccc32)c1-c1cc(-c2ccnc(-c3cc(-n4c5ccccc5c5ccccc54)ccc3C(C)(C)C)c2)ccn1. The Kier molecular flexibility index (Phi) is 7.57. The molecule has 6 aromatic carbocycles. The maximum Gasteiger partial charge on any atom is 0.0731 e. The first kappa shape index (κ1) is 32.8. The summed E-state index contributed by atoms with van der Waals surface area (Å²) in [6.07, 6.45) is 3.89. The van der Waals surface area contributed by atoms with Crippen molar-refractivity contribution in [2.24, 2.45) is 0 Å². The predicted molar refractivity (Wildman–Crippen MR) is 230 cm³/mol. The van der Waals surface area contributed by atoms with Gasteiger partial charge in [-0.3, -0.25) is 9.97 Å². The summed E-state index contributed by atoms with van der Waals surface area (Å²) in [7, 11) is 0. The van der Waals surface area contributed by atoms with E-state index in [0.29, 0.717) is 0 Å². The Balaban J connectivity index is 1.12. The van der Waals surface area contributed by atoms with Crippen LogP contribution in [0.2, 0.25) is 0 Å². The van der Waals surface area contributed by atoms with Gasteiger partial charge in [0.15, 0.2) is 0 Å². The van der Waals surface area contributed by atoms with Gasteiger partial charge >= 0.3 is 0 Å². The Bertz CT molecular complexity index is 2990. The molecule has 264 valence electrons. The van der Waals surface area contributed by atoms with Gasteiger partial charge in [-0.1, -0.05) is 112 Å². The summed E-state index contributed by atoms with van der Waals surface area (Å²) in [5.41, 5.74) is 15.7. The lowest BCUT2D eigenvalue weighted by Gasteiger charge is -2.24. The van der Waals surface area contributed by atoms with Crippen molar-refractivity contribution in [1.29, 1.82) is 0 Å².